The molecule has 0 radical (unpaired) electrons. The summed E-state index contributed by atoms with van der Waals surface area (Å²) in [5, 5.41) is 6.51. The van der Waals surface area contributed by atoms with Crippen LogP contribution < -0.4 is 15.4 Å². The van der Waals surface area contributed by atoms with Gasteiger partial charge in [-0.3, -0.25) is 4.79 Å². The topological polar surface area (TPSA) is 50.4 Å². The van der Waals surface area contributed by atoms with Crippen LogP contribution in [0.4, 0.5) is 5.69 Å². The fourth-order valence-corrected chi connectivity index (χ4v) is 4.00. The number of carbonyl (C=O) groups is 1. The number of anilines is 1. The third-order valence-corrected chi connectivity index (χ3v) is 5.74. The van der Waals surface area contributed by atoms with Crippen molar-refractivity contribution in [3.05, 3.63) is 59.7 Å². The van der Waals surface area contributed by atoms with Gasteiger partial charge in [-0.1, -0.05) is 36.4 Å². The highest BCUT2D eigenvalue weighted by Gasteiger charge is 2.57. The minimum atomic E-state index is 0.139. The number of ether oxygens (including phenoxy) is 1. The largest absolute Gasteiger partial charge is 0.487 e. The van der Waals surface area contributed by atoms with E-state index in [2.05, 4.69) is 10.6 Å². The normalized spacial score (nSPS) is 20.6. The Hall–Kier alpha value is -2.33. The predicted octanol–water partition coefficient (Wildman–Crippen LogP) is 3.90. The van der Waals surface area contributed by atoms with Gasteiger partial charge in [-0.25, -0.2) is 0 Å². The number of piperidine rings is 1. The van der Waals surface area contributed by atoms with Gasteiger partial charge in [-0.2, -0.15) is 0 Å². The van der Waals surface area contributed by atoms with E-state index in [0.29, 0.717) is 6.61 Å². The fourth-order valence-electron chi connectivity index (χ4n) is 4.00. The quantitative estimate of drug-likeness (QED) is 0.860. The van der Waals surface area contributed by atoms with Crippen molar-refractivity contribution in [1.82, 2.24) is 5.32 Å². The first-order valence-electron chi connectivity index (χ1n) is 9.45. The number of benzene rings is 2. The van der Waals surface area contributed by atoms with Gasteiger partial charge in [0.15, 0.2) is 0 Å². The Morgan fingerprint density at radius 1 is 1.19 bits per heavy atom. The van der Waals surface area contributed by atoms with Gasteiger partial charge in [-0.05, 0) is 68.0 Å². The summed E-state index contributed by atoms with van der Waals surface area (Å²) in [4.78, 5) is 12.8. The van der Waals surface area contributed by atoms with Crippen molar-refractivity contribution >= 4 is 11.6 Å². The zero-order valence-electron chi connectivity index (χ0n) is 15.3. The molecule has 1 amide bonds. The second-order valence-electron chi connectivity index (χ2n) is 7.63. The number of hydrogen-bond donors (Lipinski definition) is 2. The summed E-state index contributed by atoms with van der Waals surface area (Å²) in [6.07, 6.45) is 3.24. The molecule has 1 aliphatic carbocycles. The van der Waals surface area contributed by atoms with Crippen molar-refractivity contribution in [2.75, 3.05) is 18.4 Å². The van der Waals surface area contributed by atoms with Gasteiger partial charge < -0.3 is 15.4 Å². The minimum Gasteiger partial charge on any atom is -0.487 e. The highest BCUT2D eigenvalue weighted by Crippen LogP contribution is 2.58. The maximum Gasteiger partial charge on any atom is 0.228 e. The van der Waals surface area contributed by atoms with Crippen molar-refractivity contribution in [1.29, 1.82) is 0 Å². The molecule has 136 valence electrons. The lowest BCUT2D eigenvalue weighted by Crippen LogP contribution is -2.31. The summed E-state index contributed by atoms with van der Waals surface area (Å²) in [7, 11) is 0. The van der Waals surface area contributed by atoms with Crippen LogP contribution in [0.15, 0.2) is 48.5 Å². The highest BCUT2D eigenvalue weighted by molar-refractivity contribution is 5.96. The third-order valence-electron chi connectivity index (χ3n) is 5.74. The molecule has 4 heteroatoms. The molecule has 1 aliphatic heterocycles. The van der Waals surface area contributed by atoms with E-state index in [9.17, 15) is 4.79 Å². The first-order valence-corrected chi connectivity index (χ1v) is 9.45. The van der Waals surface area contributed by atoms with Gasteiger partial charge in [0.2, 0.25) is 5.91 Å². The van der Waals surface area contributed by atoms with Crippen LogP contribution in [0.1, 0.15) is 30.4 Å². The summed E-state index contributed by atoms with van der Waals surface area (Å²) < 4.78 is 6.02. The summed E-state index contributed by atoms with van der Waals surface area (Å²) >= 11 is 0. The molecule has 1 saturated heterocycles. The van der Waals surface area contributed by atoms with Crippen molar-refractivity contribution in [2.45, 2.75) is 32.8 Å². The van der Waals surface area contributed by atoms with E-state index in [1.165, 1.54) is 0 Å². The van der Waals surface area contributed by atoms with Gasteiger partial charge in [0.05, 0.1) is 5.69 Å². The molecule has 2 aromatic carbocycles. The molecule has 1 spiro atoms. The Morgan fingerprint density at radius 3 is 2.73 bits per heavy atom. The molecule has 2 aromatic rings. The first-order chi connectivity index (χ1) is 12.7. The van der Waals surface area contributed by atoms with Crippen LogP contribution in [-0.2, 0) is 11.4 Å². The molecular formula is C22H26N2O2. The average molecular weight is 350 g/mol. The highest BCUT2D eigenvalue weighted by atomic mass is 16.5. The number of hydrogen-bond acceptors (Lipinski definition) is 3. The van der Waals surface area contributed by atoms with Crippen molar-refractivity contribution in [3.8, 4) is 5.75 Å². The molecule has 0 aromatic heterocycles. The first kappa shape index (κ1) is 17.1. The minimum absolute atomic E-state index is 0.139. The number of amides is 1. The molecule has 4 rings (SSSR count). The van der Waals surface area contributed by atoms with E-state index in [0.717, 1.165) is 54.9 Å². The number of nitrogens with one attached hydrogen (secondary N) is 2. The zero-order chi connectivity index (χ0) is 18.0. The molecule has 0 bridgehead atoms. The van der Waals surface area contributed by atoms with E-state index in [1.54, 1.807) is 0 Å². The Balaban J connectivity index is 1.44. The Morgan fingerprint density at radius 2 is 1.96 bits per heavy atom. The number of rotatable bonds is 5. The Kier molecular flexibility index (Phi) is 4.68. The van der Waals surface area contributed by atoms with Crippen LogP contribution in [0.2, 0.25) is 0 Å². The zero-order valence-corrected chi connectivity index (χ0v) is 15.3. The van der Waals surface area contributed by atoms with Crippen molar-refractivity contribution in [2.24, 2.45) is 11.3 Å². The maximum absolute atomic E-state index is 12.8. The van der Waals surface area contributed by atoms with E-state index in [4.69, 9.17) is 4.74 Å². The molecule has 26 heavy (non-hydrogen) atoms. The molecule has 1 saturated carbocycles. The summed E-state index contributed by atoms with van der Waals surface area (Å²) in [5.74, 6) is 1.02. The van der Waals surface area contributed by atoms with Crippen LogP contribution in [0.3, 0.4) is 0 Å². The van der Waals surface area contributed by atoms with Gasteiger partial charge in [0.25, 0.3) is 0 Å². The Labute approximate surface area is 155 Å². The molecule has 1 atom stereocenters. The average Bonchev–Trinajstić information content (AvgIpc) is 3.36. The SMILES string of the molecule is Cc1ccc(NC(=O)C2CC23CCNCC3)c(OCc2ccccc2)c1. The molecule has 2 N–H and O–H groups in total. The summed E-state index contributed by atoms with van der Waals surface area (Å²) in [5.41, 5.74) is 3.24. The molecule has 2 aliphatic rings. The van der Waals surface area contributed by atoms with Crippen LogP contribution >= 0.6 is 0 Å². The monoisotopic (exact) mass is 350 g/mol. The molecule has 2 fully saturated rings. The second kappa shape index (κ2) is 7.12. The fraction of sp³-hybridized carbons (Fsp3) is 0.409. The van der Waals surface area contributed by atoms with Crippen LogP contribution in [0, 0.1) is 18.3 Å². The smallest absolute Gasteiger partial charge is 0.228 e. The van der Waals surface area contributed by atoms with Gasteiger partial charge in [0.1, 0.15) is 12.4 Å². The van der Waals surface area contributed by atoms with Crippen LogP contribution in [-0.4, -0.2) is 19.0 Å². The predicted molar refractivity (Wildman–Crippen MR) is 103 cm³/mol. The van der Waals surface area contributed by atoms with E-state index >= 15 is 0 Å². The van der Waals surface area contributed by atoms with Crippen molar-refractivity contribution < 1.29 is 9.53 Å². The third kappa shape index (κ3) is 3.61. The standard InChI is InChI=1S/C22H26N2O2/c1-16-7-8-19(20(13-16)26-15-17-5-3-2-4-6-17)24-21(25)18-14-22(18)9-11-23-12-10-22/h2-8,13,18,23H,9-12,14-15H2,1H3,(H,24,25). The number of carbonyl (C=O) groups excluding carboxylic acids is 1. The maximum atomic E-state index is 12.8. The lowest BCUT2D eigenvalue weighted by atomic mass is 9.92. The van der Waals surface area contributed by atoms with Crippen LogP contribution in [0.25, 0.3) is 0 Å². The van der Waals surface area contributed by atoms with Gasteiger partial charge in [-0.15, -0.1) is 0 Å². The Bertz CT molecular complexity index is 782. The van der Waals surface area contributed by atoms with Crippen molar-refractivity contribution in [3.63, 3.8) is 0 Å². The second-order valence-corrected chi connectivity index (χ2v) is 7.63. The van der Waals surface area contributed by atoms with Crippen LogP contribution in [0.5, 0.6) is 5.75 Å². The van der Waals surface area contributed by atoms with Gasteiger partial charge in [0, 0.05) is 5.92 Å². The van der Waals surface area contributed by atoms with E-state index in [1.807, 2.05) is 55.5 Å². The van der Waals surface area contributed by atoms with Gasteiger partial charge >= 0.3 is 0 Å². The lowest BCUT2D eigenvalue weighted by molar-refractivity contribution is -0.118. The van der Waals surface area contributed by atoms with E-state index in [-0.39, 0.29) is 17.2 Å². The molecular weight excluding hydrogens is 324 g/mol. The molecule has 1 heterocycles. The molecule has 4 nitrogen and oxygen atoms in total. The molecule has 1 unspecified atom stereocenters. The lowest BCUT2D eigenvalue weighted by Gasteiger charge is -2.23. The summed E-state index contributed by atoms with van der Waals surface area (Å²) in [6, 6.07) is 16.0. The number of aryl methyl sites for hydroxylation is 1. The van der Waals surface area contributed by atoms with E-state index < -0.39 is 0 Å². The summed E-state index contributed by atoms with van der Waals surface area (Å²) in [6.45, 7) is 4.58.